The predicted molar refractivity (Wildman–Crippen MR) is 103 cm³/mol. The molecule has 0 bridgehead atoms. The normalized spacial score (nSPS) is 16.8. The van der Waals surface area contributed by atoms with E-state index in [-0.39, 0.29) is 11.9 Å². The molecule has 2 heterocycles. The first kappa shape index (κ1) is 16.7. The van der Waals surface area contributed by atoms with Crippen LogP contribution in [0.15, 0.2) is 73.4 Å². The van der Waals surface area contributed by atoms with Crippen LogP contribution >= 0.6 is 15.9 Å². The van der Waals surface area contributed by atoms with Gasteiger partial charge in [0.05, 0.1) is 17.3 Å². The van der Waals surface area contributed by atoms with E-state index >= 15 is 0 Å². The lowest BCUT2D eigenvalue weighted by atomic mass is 9.99. The van der Waals surface area contributed by atoms with Crippen LogP contribution < -0.4 is 5.63 Å². The Morgan fingerprint density at radius 2 is 1.92 bits per heavy atom. The molecule has 1 amide bonds. The Kier molecular flexibility index (Phi) is 4.20. The van der Waals surface area contributed by atoms with E-state index in [9.17, 15) is 9.59 Å². The molecular formula is C20H15BrN2O3. The number of amides is 1. The largest absolute Gasteiger partial charge is 0.422 e. The van der Waals surface area contributed by atoms with Gasteiger partial charge in [0.25, 0.3) is 0 Å². The number of carbonyl (C=O) groups excluding carboxylic acids is 1. The van der Waals surface area contributed by atoms with E-state index in [4.69, 9.17) is 4.42 Å². The van der Waals surface area contributed by atoms with Gasteiger partial charge in [0, 0.05) is 23.2 Å². The van der Waals surface area contributed by atoms with E-state index in [1.807, 2.05) is 42.5 Å². The highest BCUT2D eigenvalue weighted by Gasteiger charge is 2.32. The van der Waals surface area contributed by atoms with Crippen molar-refractivity contribution in [2.45, 2.75) is 19.4 Å². The van der Waals surface area contributed by atoms with Gasteiger partial charge in [-0.25, -0.2) is 9.80 Å². The van der Waals surface area contributed by atoms with Crippen molar-refractivity contribution in [3.8, 4) is 0 Å². The topological polar surface area (TPSA) is 62.9 Å². The van der Waals surface area contributed by atoms with Crippen LogP contribution in [0, 0.1) is 0 Å². The number of fused-ring (bicyclic) bond motifs is 1. The summed E-state index contributed by atoms with van der Waals surface area (Å²) >= 11 is 3.42. The van der Waals surface area contributed by atoms with Crippen molar-refractivity contribution in [3.05, 3.63) is 80.6 Å². The maximum atomic E-state index is 12.4. The maximum Gasteiger partial charge on any atom is 0.345 e. The molecule has 0 N–H and O–H groups in total. The maximum absolute atomic E-state index is 12.4. The molecule has 0 fully saturated rings. The van der Waals surface area contributed by atoms with Gasteiger partial charge < -0.3 is 4.42 Å². The summed E-state index contributed by atoms with van der Waals surface area (Å²) in [6, 6.07) is 16.6. The summed E-state index contributed by atoms with van der Waals surface area (Å²) in [7, 11) is 0. The average Bonchev–Trinajstić information content (AvgIpc) is 3.07. The zero-order valence-electron chi connectivity index (χ0n) is 14.0. The van der Waals surface area contributed by atoms with Gasteiger partial charge in [-0.05, 0) is 29.8 Å². The fourth-order valence-corrected chi connectivity index (χ4v) is 3.44. The Hall–Kier alpha value is -2.73. The molecule has 0 unspecified atom stereocenters. The Morgan fingerprint density at radius 1 is 1.19 bits per heavy atom. The third-order valence-corrected chi connectivity index (χ3v) is 4.97. The molecule has 0 spiro atoms. The van der Waals surface area contributed by atoms with Gasteiger partial charge in [0.1, 0.15) is 5.58 Å². The molecule has 0 saturated heterocycles. The molecule has 1 aromatic heterocycles. The van der Waals surface area contributed by atoms with Crippen LogP contribution in [0.1, 0.15) is 30.5 Å². The van der Waals surface area contributed by atoms with Gasteiger partial charge in [0.2, 0.25) is 5.91 Å². The number of carbonyl (C=O) groups is 1. The molecule has 0 aliphatic carbocycles. The third-order valence-electron chi connectivity index (χ3n) is 4.44. The number of hydrazone groups is 1. The lowest BCUT2D eigenvalue weighted by Crippen LogP contribution is -2.24. The van der Waals surface area contributed by atoms with Crippen LogP contribution in [-0.2, 0) is 4.79 Å². The Labute approximate surface area is 158 Å². The van der Waals surface area contributed by atoms with Gasteiger partial charge in [0.15, 0.2) is 0 Å². The number of para-hydroxylation sites is 1. The number of benzene rings is 2. The standard InChI is InChI=1S/C20H15BrN2O3/c1-12(24)23-18(13-6-8-15(21)9-7-13)11-17(22-23)16-10-14-4-2-3-5-19(14)26-20(16)25/h2-10,18H,11H2,1H3/t18-/m0/s1. The van der Waals surface area contributed by atoms with E-state index in [0.717, 1.165) is 15.4 Å². The number of halogens is 1. The van der Waals surface area contributed by atoms with E-state index in [1.54, 1.807) is 12.1 Å². The minimum Gasteiger partial charge on any atom is -0.422 e. The van der Waals surface area contributed by atoms with Crippen molar-refractivity contribution in [1.82, 2.24) is 5.01 Å². The molecule has 5 nitrogen and oxygen atoms in total. The van der Waals surface area contributed by atoms with Gasteiger partial charge >= 0.3 is 5.63 Å². The minimum absolute atomic E-state index is 0.168. The summed E-state index contributed by atoms with van der Waals surface area (Å²) in [6.07, 6.45) is 0.463. The van der Waals surface area contributed by atoms with Gasteiger partial charge in [-0.2, -0.15) is 5.10 Å². The highest BCUT2D eigenvalue weighted by atomic mass is 79.9. The highest BCUT2D eigenvalue weighted by molar-refractivity contribution is 9.10. The Morgan fingerprint density at radius 3 is 2.65 bits per heavy atom. The summed E-state index contributed by atoms with van der Waals surface area (Å²) in [5.74, 6) is -0.168. The molecule has 6 heteroatoms. The molecule has 3 aromatic rings. The quantitative estimate of drug-likeness (QED) is 0.593. The van der Waals surface area contributed by atoms with Crippen molar-refractivity contribution >= 4 is 38.5 Å². The first-order valence-corrected chi connectivity index (χ1v) is 8.98. The second kappa shape index (κ2) is 6.53. The van der Waals surface area contributed by atoms with Crippen molar-refractivity contribution < 1.29 is 9.21 Å². The number of nitrogens with zero attached hydrogens (tertiary/aromatic N) is 2. The van der Waals surface area contributed by atoms with Gasteiger partial charge in [-0.3, -0.25) is 4.79 Å². The first-order valence-electron chi connectivity index (χ1n) is 8.19. The van der Waals surface area contributed by atoms with Crippen molar-refractivity contribution in [3.63, 3.8) is 0 Å². The highest BCUT2D eigenvalue weighted by Crippen LogP contribution is 2.33. The van der Waals surface area contributed by atoms with Gasteiger partial charge in [-0.1, -0.05) is 46.3 Å². The summed E-state index contributed by atoms with van der Waals surface area (Å²) in [6.45, 7) is 1.47. The van der Waals surface area contributed by atoms with E-state index in [2.05, 4.69) is 21.0 Å². The number of hydrogen-bond donors (Lipinski definition) is 0. The molecule has 4 rings (SSSR count). The van der Waals surface area contributed by atoms with Crippen LogP contribution in [-0.4, -0.2) is 16.6 Å². The van der Waals surface area contributed by atoms with Crippen LogP contribution in [0.2, 0.25) is 0 Å². The smallest absolute Gasteiger partial charge is 0.345 e. The van der Waals surface area contributed by atoms with Crippen LogP contribution in [0.25, 0.3) is 11.0 Å². The number of rotatable bonds is 2. The third kappa shape index (κ3) is 2.97. The molecular weight excluding hydrogens is 396 g/mol. The molecule has 0 radical (unpaired) electrons. The zero-order valence-corrected chi connectivity index (χ0v) is 15.6. The molecule has 2 aromatic carbocycles. The summed E-state index contributed by atoms with van der Waals surface area (Å²) < 4.78 is 6.37. The van der Waals surface area contributed by atoms with Crippen molar-refractivity contribution in [2.24, 2.45) is 5.10 Å². The van der Waals surface area contributed by atoms with Crippen molar-refractivity contribution in [2.75, 3.05) is 0 Å². The zero-order chi connectivity index (χ0) is 18.3. The molecule has 1 aliphatic heterocycles. The van der Waals surface area contributed by atoms with Crippen molar-refractivity contribution in [1.29, 1.82) is 0 Å². The summed E-state index contributed by atoms with van der Waals surface area (Å²) in [5, 5.41) is 6.70. The van der Waals surface area contributed by atoms with E-state index in [0.29, 0.717) is 23.3 Å². The average molecular weight is 411 g/mol. The summed E-state index contributed by atoms with van der Waals surface area (Å²) in [4.78, 5) is 24.5. The lowest BCUT2D eigenvalue weighted by molar-refractivity contribution is -0.130. The van der Waals surface area contributed by atoms with Gasteiger partial charge in [-0.15, -0.1) is 0 Å². The monoisotopic (exact) mass is 410 g/mol. The Bertz CT molecular complexity index is 1090. The predicted octanol–water partition coefficient (Wildman–Crippen LogP) is 4.25. The second-order valence-electron chi connectivity index (χ2n) is 6.17. The molecule has 0 saturated carbocycles. The molecule has 26 heavy (non-hydrogen) atoms. The fourth-order valence-electron chi connectivity index (χ4n) is 3.17. The number of hydrogen-bond acceptors (Lipinski definition) is 4. The molecule has 130 valence electrons. The lowest BCUT2D eigenvalue weighted by Gasteiger charge is -2.20. The SMILES string of the molecule is CC(=O)N1N=C(c2cc3ccccc3oc2=O)C[C@H]1c1ccc(Br)cc1. The van der Waals surface area contributed by atoms with E-state index < -0.39 is 5.63 Å². The Balaban J connectivity index is 1.77. The molecule has 1 atom stereocenters. The second-order valence-corrected chi connectivity index (χ2v) is 7.08. The molecule has 1 aliphatic rings. The summed E-state index contributed by atoms with van der Waals surface area (Å²) in [5.41, 5.74) is 2.02. The first-order chi connectivity index (χ1) is 12.5. The van der Waals surface area contributed by atoms with E-state index in [1.165, 1.54) is 11.9 Å². The van der Waals surface area contributed by atoms with Crippen LogP contribution in [0.3, 0.4) is 0 Å². The fraction of sp³-hybridized carbons (Fsp3) is 0.150. The van der Waals surface area contributed by atoms with Crippen LogP contribution in [0.4, 0.5) is 0 Å². The van der Waals surface area contributed by atoms with Crippen LogP contribution in [0.5, 0.6) is 0 Å². The minimum atomic E-state index is -0.442.